The van der Waals surface area contributed by atoms with Gasteiger partial charge in [-0.2, -0.15) is 0 Å². The molecule has 0 amide bonds. The molecule has 0 saturated carbocycles. The molecule has 446 valence electrons. The third-order valence-corrected chi connectivity index (χ3v) is 17.6. The lowest BCUT2D eigenvalue weighted by Gasteiger charge is -2.38. The van der Waals surface area contributed by atoms with Crippen LogP contribution >= 0.6 is 0 Å². The van der Waals surface area contributed by atoms with E-state index < -0.39 is 0 Å². The van der Waals surface area contributed by atoms with Gasteiger partial charge in [0, 0.05) is 101 Å². The van der Waals surface area contributed by atoms with E-state index in [4.69, 9.17) is 0 Å². The summed E-state index contributed by atoms with van der Waals surface area (Å²) in [5, 5.41) is 6.34. The van der Waals surface area contributed by atoms with Crippen molar-refractivity contribution in [1.29, 1.82) is 0 Å². The molecule has 16 rings (SSSR count). The Morgan fingerprint density at radius 2 is 0.245 bits per heavy atom. The first-order valence-electron chi connectivity index (χ1n) is 32.0. The smallest absolute Gasteiger partial charge is 0.0582 e. The molecule has 0 aliphatic rings. The summed E-state index contributed by atoms with van der Waals surface area (Å²) in [6.45, 7) is 0. The van der Waals surface area contributed by atoms with Gasteiger partial charge in [0.05, 0.1) is 34.1 Å². The van der Waals surface area contributed by atoms with Gasteiger partial charge in [0.1, 0.15) is 0 Å². The van der Waals surface area contributed by atoms with Gasteiger partial charge < -0.3 is 29.4 Å². The van der Waals surface area contributed by atoms with Crippen LogP contribution in [0.3, 0.4) is 0 Å². The van der Waals surface area contributed by atoms with Crippen molar-refractivity contribution in [3.8, 4) is 0 Å². The summed E-state index contributed by atoms with van der Waals surface area (Å²) < 4.78 is 0. The van der Waals surface area contributed by atoms with Crippen molar-refractivity contribution in [3.63, 3.8) is 0 Å². The number of hydrogen-bond acceptors (Lipinski definition) is 6. The van der Waals surface area contributed by atoms with Gasteiger partial charge in [-0.3, -0.25) is 0 Å². The fourth-order valence-electron chi connectivity index (χ4n) is 13.7. The summed E-state index contributed by atoms with van der Waals surface area (Å²) in [7, 11) is 0. The Morgan fingerprint density at radius 1 is 0.117 bits per heavy atom. The second-order valence-corrected chi connectivity index (χ2v) is 23.3. The Bertz CT molecular complexity index is 4590. The summed E-state index contributed by atoms with van der Waals surface area (Å²) in [5.74, 6) is 0. The van der Waals surface area contributed by atoms with Crippen LogP contribution in [0.5, 0.6) is 0 Å². The summed E-state index contributed by atoms with van der Waals surface area (Å²) in [6, 6.07) is 141. The van der Waals surface area contributed by atoms with E-state index in [1.165, 1.54) is 0 Å². The quantitative estimate of drug-likeness (QED) is 0.0792. The average Bonchev–Trinajstić information content (AvgIpc) is 0.684. The molecule has 0 spiro atoms. The molecule has 94 heavy (non-hydrogen) atoms. The molecule has 16 aromatic rings. The van der Waals surface area contributed by atoms with Gasteiger partial charge in [0.2, 0.25) is 0 Å². The molecule has 16 aromatic carbocycles. The molecule has 6 heteroatoms. The van der Waals surface area contributed by atoms with Crippen LogP contribution in [-0.4, -0.2) is 0 Å². The number of para-hydroxylation sites is 12. The molecule has 6 nitrogen and oxygen atoms in total. The number of anilines is 18. The van der Waals surface area contributed by atoms with Crippen LogP contribution in [0.2, 0.25) is 0 Å². The third kappa shape index (κ3) is 10.5. The van der Waals surface area contributed by atoms with Gasteiger partial charge in [0.15, 0.2) is 0 Å². The molecule has 0 saturated heterocycles. The van der Waals surface area contributed by atoms with Crippen LogP contribution < -0.4 is 29.4 Å². The first-order chi connectivity index (χ1) is 46.7. The third-order valence-electron chi connectivity index (χ3n) is 17.6. The van der Waals surface area contributed by atoms with E-state index in [9.17, 15) is 0 Å². The molecule has 0 N–H and O–H groups in total. The molecule has 0 atom stereocenters. The van der Waals surface area contributed by atoms with Gasteiger partial charge in [-0.05, 0) is 170 Å². The number of nitrogens with zero attached hydrogens (tertiary/aromatic N) is 6. The standard InChI is InChI=1S/C88H64N6/c1-13-37-65(38-14-1)89(66-39-15-2-16-40-66)79-63-83(93(73-53-29-9-30-54-73)74-55-31-10-32-56-74)87-82(92(71-49-25-7-26-50-71)72-51-27-8-28-52-72)62-78-80(90(67-41-17-3-18-42-67)68-43-19-4-20-44-68)64-84(94(75-57-33-11-34-58-75)76-59-35-12-36-60-76)88-81(61-77(79)85(87)86(78)88)91(69-45-21-5-22-46-69)70-47-23-6-24-48-70/h1-64H. The molecule has 0 bridgehead atoms. The number of benzene rings is 16. The number of hydrogen-bond donors (Lipinski definition) is 0. The molecule has 0 aliphatic carbocycles. The Hall–Kier alpha value is -12.6. The summed E-state index contributed by atoms with van der Waals surface area (Å²) in [5.41, 5.74) is 18.1. The summed E-state index contributed by atoms with van der Waals surface area (Å²) in [6.07, 6.45) is 0. The lowest BCUT2D eigenvalue weighted by Crippen LogP contribution is -2.19. The van der Waals surface area contributed by atoms with E-state index in [2.05, 4.69) is 418 Å². The summed E-state index contributed by atoms with van der Waals surface area (Å²) in [4.78, 5) is 14.9. The van der Waals surface area contributed by atoms with Gasteiger partial charge in [-0.15, -0.1) is 0 Å². The Balaban J connectivity index is 1.24. The largest absolute Gasteiger partial charge is 0.310 e. The van der Waals surface area contributed by atoms with Gasteiger partial charge in [-0.1, -0.05) is 218 Å². The van der Waals surface area contributed by atoms with E-state index >= 15 is 0 Å². The van der Waals surface area contributed by atoms with Crippen molar-refractivity contribution in [1.82, 2.24) is 0 Å². The zero-order valence-electron chi connectivity index (χ0n) is 51.6. The topological polar surface area (TPSA) is 19.4 Å². The predicted octanol–water partition coefficient (Wildman–Crippen LogP) is 25.4. The lowest BCUT2D eigenvalue weighted by atomic mass is 9.86. The normalized spacial score (nSPS) is 11.2. The maximum atomic E-state index is 2.51. The van der Waals surface area contributed by atoms with Gasteiger partial charge >= 0.3 is 0 Å². The van der Waals surface area contributed by atoms with Gasteiger partial charge in [0.25, 0.3) is 0 Å². The molecule has 0 unspecified atom stereocenters. The SMILES string of the molecule is c1ccc(N(c2ccccc2)c2cc(N(c3ccccc3)c3ccccc3)c3c(N(c4ccccc4)c4ccccc4)cc4c(N(c5ccccc5)c5ccccc5)cc(N(c5ccccc5)c5ccccc5)c5c(N(c6ccccc6)c6ccccc6)cc2c3c45)cc1. The molecule has 0 heterocycles. The van der Waals surface area contributed by atoms with E-state index in [-0.39, 0.29) is 0 Å². The molecular formula is C88H64N6. The minimum atomic E-state index is 0.987. The minimum Gasteiger partial charge on any atom is -0.310 e. The summed E-state index contributed by atoms with van der Waals surface area (Å²) >= 11 is 0. The second-order valence-electron chi connectivity index (χ2n) is 23.3. The molecular weight excluding hydrogens is 1140 g/mol. The van der Waals surface area contributed by atoms with Crippen molar-refractivity contribution in [3.05, 3.63) is 388 Å². The van der Waals surface area contributed by atoms with Crippen LogP contribution in [0.15, 0.2) is 388 Å². The van der Waals surface area contributed by atoms with Gasteiger partial charge in [-0.25, -0.2) is 0 Å². The first kappa shape index (κ1) is 56.6. The zero-order valence-corrected chi connectivity index (χ0v) is 51.6. The van der Waals surface area contributed by atoms with E-state index in [1.807, 2.05) is 0 Å². The highest BCUT2D eigenvalue weighted by molar-refractivity contribution is 6.38. The van der Waals surface area contributed by atoms with Crippen molar-refractivity contribution in [2.45, 2.75) is 0 Å². The van der Waals surface area contributed by atoms with Crippen LogP contribution in [-0.2, 0) is 0 Å². The average molecular weight is 1210 g/mol. The Kier molecular flexibility index (Phi) is 15.2. The molecule has 0 aromatic heterocycles. The zero-order chi connectivity index (χ0) is 62.6. The highest BCUT2D eigenvalue weighted by atomic mass is 15.2. The maximum Gasteiger partial charge on any atom is 0.0582 e. The molecule has 0 fully saturated rings. The second kappa shape index (κ2) is 25.3. The van der Waals surface area contributed by atoms with Crippen LogP contribution in [0, 0.1) is 0 Å². The van der Waals surface area contributed by atoms with Crippen molar-refractivity contribution >= 4 is 135 Å². The van der Waals surface area contributed by atoms with Crippen molar-refractivity contribution in [2.24, 2.45) is 0 Å². The lowest BCUT2D eigenvalue weighted by molar-refractivity contribution is 1.25. The molecule has 0 radical (unpaired) electrons. The first-order valence-corrected chi connectivity index (χ1v) is 32.0. The van der Waals surface area contributed by atoms with Crippen LogP contribution in [0.1, 0.15) is 0 Å². The van der Waals surface area contributed by atoms with Crippen molar-refractivity contribution in [2.75, 3.05) is 29.4 Å². The van der Waals surface area contributed by atoms with Crippen LogP contribution in [0.4, 0.5) is 102 Å². The molecule has 0 aliphatic heterocycles. The fourth-order valence-corrected chi connectivity index (χ4v) is 13.7. The highest BCUT2D eigenvalue weighted by Gasteiger charge is 2.35. The number of rotatable bonds is 18. The Morgan fingerprint density at radius 3 is 0.394 bits per heavy atom. The predicted molar refractivity (Wildman–Crippen MR) is 398 cm³/mol. The van der Waals surface area contributed by atoms with Crippen LogP contribution in [0.25, 0.3) is 32.3 Å². The van der Waals surface area contributed by atoms with E-state index in [0.717, 1.165) is 135 Å². The van der Waals surface area contributed by atoms with E-state index in [0.29, 0.717) is 0 Å². The van der Waals surface area contributed by atoms with Crippen molar-refractivity contribution < 1.29 is 0 Å². The highest BCUT2D eigenvalue weighted by Crippen LogP contribution is 2.61. The monoisotopic (exact) mass is 1200 g/mol. The Labute approximate surface area is 549 Å². The minimum absolute atomic E-state index is 0.987. The fraction of sp³-hybridized carbons (Fsp3) is 0. The maximum absolute atomic E-state index is 2.51. The van der Waals surface area contributed by atoms with E-state index in [1.54, 1.807) is 0 Å².